The minimum absolute atomic E-state index is 0.166. The van der Waals surface area contributed by atoms with Crippen LogP contribution in [0.5, 0.6) is 0 Å². The van der Waals surface area contributed by atoms with E-state index >= 15 is 0 Å². The van der Waals surface area contributed by atoms with Crippen LogP contribution < -0.4 is 0 Å². The molecule has 0 fully saturated rings. The molecule has 0 saturated carbocycles. The molecule has 0 atom stereocenters. The van der Waals surface area contributed by atoms with Gasteiger partial charge in [0.05, 0.1) is 6.54 Å². The summed E-state index contributed by atoms with van der Waals surface area (Å²) >= 11 is 0. The number of carbonyl (C=O) groups excluding carboxylic acids is 1. The van der Waals surface area contributed by atoms with Crippen molar-refractivity contribution in [3.05, 3.63) is 23.7 Å². The molecule has 1 N–H and O–H groups in total. The zero-order valence-corrected chi connectivity index (χ0v) is 7.98. The highest BCUT2D eigenvalue weighted by molar-refractivity contribution is 6.31. The Hall–Kier alpha value is -1.78. The Morgan fingerprint density at radius 1 is 1.50 bits per heavy atom. The molecule has 1 aromatic rings. The van der Waals surface area contributed by atoms with Gasteiger partial charge in [0.25, 0.3) is 0 Å². The standard InChI is InChI=1S/C9H11NO4/c1-6-3-4-7(14-6)5-10(2)8(11)9(12)13/h3-4H,5H2,1-2H3,(H,12,13). The molecule has 0 spiro atoms. The monoisotopic (exact) mass is 197 g/mol. The number of nitrogens with zero attached hydrogens (tertiary/aromatic N) is 1. The third-order valence-electron chi connectivity index (χ3n) is 1.72. The van der Waals surface area contributed by atoms with Crippen LogP contribution in [0.4, 0.5) is 0 Å². The van der Waals surface area contributed by atoms with Crippen LogP contribution in [0.3, 0.4) is 0 Å². The number of amides is 1. The van der Waals surface area contributed by atoms with Gasteiger partial charge in [-0.15, -0.1) is 0 Å². The molecule has 0 saturated heterocycles. The molecule has 0 aliphatic carbocycles. The molecular formula is C9H11NO4. The minimum atomic E-state index is -1.46. The van der Waals surface area contributed by atoms with Gasteiger partial charge in [0.1, 0.15) is 11.5 Å². The van der Waals surface area contributed by atoms with E-state index in [1.165, 1.54) is 7.05 Å². The van der Waals surface area contributed by atoms with Crippen LogP contribution in [-0.4, -0.2) is 28.9 Å². The SMILES string of the molecule is Cc1ccc(CN(C)C(=O)C(=O)O)o1. The largest absolute Gasteiger partial charge is 0.474 e. The lowest BCUT2D eigenvalue weighted by atomic mass is 10.4. The lowest BCUT2D eigenvalue weighted by Gasteiger charge is -2.11. The molecule has 0 aliphatic rings. The fourth-order valence-electron chi connectivity index (χ4n) is 1.04. The minimum Gasteiger partial charge on any atom is -0.474 e. The van der Waals surface area contributed by atoms with Crippen LogP contribution in [0.25, 0.3) is 0 Å². The lowest BCUT2D eigenvalue weighted by molar-refractivity contribution is -0.155. The van der Waals surface area contributed by atoms with Crippen LogP contribution in [0.15, 0.2) is 16.5 Å². The number of aliphatic carboxylic acids is 1. The third-order valence-corrected chi connectivity index (χ3v) is 1.72. The van der Waals surface area contributed by atoms with Gasteiger partial charge in [-0.3, -0.25) is 4.79 Å². The fraction of sp³-hybridized carbons (Fsp3) is 0.333. The molecule has 14 heavy (non-hydrogen) atoms. The van der Waals surface area contributed by atoms with E-state index in [2.05, 4.69) is 0 Å². The molecule has 0 bridgehead atoms. The molecule has 0 radical (unpaired) electrons. The zero-order valence-electron chi connectivity index (χ0n) is 7.98. The Morgan fingerprint density at radius 3 is 2.57 bits per heavy atom. The van der Waals surface area contributed by atoms with E-state index in [0.717, 1.165) is 10.7 Å². The Bertz CT molecular complexity index is 355. The molecule has 5 nitrogen and oxygen atoms in total. The first kappa shape index (κ1) is 10.3. The van der Waals surface area contributed by atoms with Gasteiger partial charge in [0, 0.05) is 7.05 Å². The van der Waals surface area contributed by atoms with Gasteiger partial charge < -0.3 is 14.4 Å². The highest BCUT2D eigenvalue weighted by atomic mass is 16.4. The molecule has 1 amide bonds. The molecule has 76 valence electrons. The average molecular weight is 197 g/mol. The highest BCUT2D eigenvalue weighted by Crippen LogP contribution is 2.08. The van der Waals surface area contributed by atoms with Crippen molar-refractivity contribution in [3.8, 4) is 0 Å². The molecule has 1 heterocycles. The van der Waals surface area contributed by atoms with Gasteiger partial charge in [-0.25, -0.2) is 4.79 Å². The zero-order chi connectivity index (χ0) is 10.7. The van der Waals surface area contributed by atoms with Crippen LogP contribution in [-0.2, 0) is 16.1 Å². The highest BCUT2D eigenvalue weighted by Gasteiger charge is 2.17. The second-order valence-corrected chi connectivity index (χ2v) is 2.98. The van der Waals surface area contributed by atoms with Crippen LogP contribution in [0, 0.1) is 6.92 Å². The Labute approximate surface area is 80.9 Å². The fourth-order valence-corrected chi connectivity index (χ4v) is 1.04. The number of furan rings is 1. The van der Waals surface area contributed by atoms with Gasteiger partial charge in [0.15, 0.2) is 0 Å². The summed E-state index contributed by atoms with van der Waals surface area (Å²) in [7, 11) is 1.41. The molecule has 5 heteroatoms. The quantitative estimate of drug-likeness (QED) is 0.706. The number of hydrogen-bond acceptors (Lipinski definition) is 3. The predicted molar refractivity (Wildman–Crippen MR) is 47.6 cm³/mol. The van der Waals surface area contributed by atoms with Crippen molar-refractivity contribution in [1.82, 2.24) is 4.90 Å². The van der Waals surface area contributed by atoms with Gasteiger partial charge in [-0.05, 0) is 19.1 Å². The number of carbonyl (C=O) groups is 2. The van der Waals surface area contributed by atoms with E-state index in [0.29, 0.717) is 5.76 Å². The van der Waals surface area contributed by atoms with Crippen LogP contribution in [0.1, 0.15) is 11.5 Å². The average Bonchev–Trinajstić information content (AvgIpc) is 2.49. The first-order valence-electron chi connectivity index (χ1n) is 4.04. The van der Waals surface area contributed by atoms with E-state index in [-0.39, 0.29) is 6.54 Å². The van der Waals surface area contributed by atoms with E-state index in [9.17, 15) is 9.59 Å². The smallest absolute Gasteiger partial charge is 0.394 e. The van der Waals surface area contributed by atoms with E-state index < -0.39 is 11.9 Å². The predicted octanol–water partition coefficient (Wildman–Crippen LogP) is 0.631. The van der Waals surface area contributed by atoms with E-state index in [1.54, 1.807) is 19.1 Å². The summed E-state index contributed by atoms with van der Waals surface area (Å²) < 4.78 is 5.20. The Balaban J connectivity index is 2.61. The number of carboxylic acid groups (broad SMARTS) is 1. The molecule has 1 rings (SSSR count). The van der Waals surface area contributed by atoms with Gasteiger partial charge >= 0.3 is 11.9 Å². The number of likely N-dealkylation sites (N-methyl/N-ethyl adjacent to an activating group) is 1. The number of carboxylic acids is 1. The second-order valence-electron chi connectivity index (χ2n) is 2.98. The van der Waals surface area contributed by atoms with Crippen LogP contribution in [0.2, 0.25) is 0 Å². The summed E-state index contributed by atoms with van der Waals surface area (Å²) in [6, 6.07) is 3.47. The number of aryl methyl sites for hydroxylation is 1. The van der Waals surface area contributed by atoms with Crippen molar-refractivity contribution in [3.63, 3.8) is 0 Å². The third kappa shape index (κ3) is 2.35. The summed E-state index contributed by atoms with van der Waals surface area (Å²) in [5, 5.41) is 8.41. The normalized spacial score (nSPS) is 9.86. The van der Waals surface area contributed by atoms with Crippen molar-refractivity contribution in [1.29, 1.82) is 0 Å². The summed E-state index contributed by atoms with van der Waals surface area (Å²) in [4.78, 5) is 22.3. The van der Waals surface area contributed by atoms with E-state index in [4.69, 9.17) is 9.52 Å². The van der Waals surface area contributed by atoms with E-state index in [1.807, 2.05) is 0 Å². The first-order chi connectivity index (χ1) is 6.50. The van der Waals surface area contributed by atoms with Crippen molar-refractivity contribution in [2.75, 3.05) is 7.05 Å². The van der Waals surface area contributed by atoms with Gasteiger partial charge in [-0.2, -0.15) is 0 Å². The van der Waals surface area contributed by atoms with Crippen molar-refractivity contribution in [2.45, 2.75) is 13.5 Å². The number of rotatable bonds is 2. The number of hydrogen-bond donors (Lipinski definition) is 1. The summed E-state index contributed by atoms with van der Waals surface area (Å²) in [6.45, 7) is 1.95. The van der Waals surface area contributed by atoms with Crippen molar-refractivity contribution in [2.24, 2.45) is 0 Å². The van der Waals surface area contributed by atoms with Crippen LogP contribution >= 0.6 is 0 Å². The first-order valence-corrected chi connectivity index (χ1v) is 4.04. The lowest BCUT2D eigenvalue weighted by Crippen LogP contribution is -2.32. The molecule has 0 aromatic carbocycles. The maximum Gasteiger partial charge on any atom is 0.394 e. The summed E-state index contributed by atoms with van der Waals surface area (Å²) in [5.41, 5.74) is 0. The maximum absolute atomic E-state index is 10.9. The molecule has 0 aliphatic heterocycles. The van der Waals surface area contributed by atoms with Gasteiger partial charge in [-0.1, -0.05) is 0 Å². The summed E-state index contributed by atoms with van der Waals surface area (Å²) in [5.74, 6) is -1.11. The van der Waals surface area contributed by atoms with Gasteiger partial charge in [0.2, 0.25) is 0 Å². The Morgan fingerprint density at radius 2 is 2.14 bits per heavy atom. The van der Waals surface area contributed by atoms with Crippen molar-refractivity contribution >= 4 is 11.9 Å². The second kappa shape index (κ2) is 3.95. The molecule has 1 aromatic heterocycles. The maximum atomic E-state index is 10.9. The van der Waals surface area contributed by atoms with Crippen molar-refractivity contribution < 1.29 is 19.1 Å². The molecular weight excluding hydrogens is 186 g/mol. The Kier molecular flexibility index (Phi) is 2.91. The molecule has 0 unspecified atom stereocenters. The topological polar surface area (TPSA) is 70.8 Å². The summed E-state index contributed by atoms with van der Waals surface area (Å²) in [6.07, 6.45) is 0.